The lowest BCUT2D eigenvalue weighted by molar-refractivity contribution is -0.160. The first-order valence-electron chi connectivity index (χ1n) is 12.6. The summed E-state index contributed by atoms with van der Waals surface area (Å²) in [5, 5.41) is 10.3. The molecule has 1 aliphatic rings. The van der Waals surface area contributed by atoms with E-state index in [4.69, 9.17) is 4.74 Å². The Labute approximate surface area is 210 Å². The Kier molecular flexibility index (Phi) is 8.05. The smallest absolute Gasteiger partial charge is 0.337 e. The van der Waals surface area contributed by atoms with Crippen LogP contribution in [0.1, 0.15) is 84.2 Å². The van der Waals surface area contributed by atoms with Crippen molar-refractivity contribution in [1.82, 2.24) is 9.97 Å². The van der Waals surface area contributed by atoms with E-state index in [1.54, 1.807) is 0 Å². The summed E-state index contributed by atoms with van der Waals surface area (Å²) in [5.41, 5.74) is 4.65. The summed E-state index contributed by atoms with van der Waals surface area (Å²) in [6.45, 7) is 18.1. The highest BCUT2D eigenvalue weighted by molar-refractivity contribution is 5.86. The monoisotopic (exact) mass is 479 g/mol. The second-order valence-corrected chi connectivity index (χ2v) is 11.7. The van der Waals surface area contributed by atoms with Gasteiger partial charge >= 0.3 is 5.97 Å². The van der Waals surface area contributed by atoms with Crippen molar-refractivity contribution < 1.29 is 14.6 Å². The van der Waals surface area contributed by atoms with Crippen LogP contribution in [0.2, 0.25) is 0 Å². The van der Waals surface area contributed by atoms with Gasteiger partial charge < -0.3 is 14.7 Å². The summed E-state index contributed by atoms with van der Waals surface area (Å²) < 4.78 is 6.13. The van der Waals surface area contributed by atoms with E-state index in [0.717, 1.165) is 48.3 Å². The minimum Gasteiger partial charge on any atom is -0.479 e. The third-order valence-electron chi connectivity index (χ3n) is 6.42. The molecule has 2 aromatic rings. The van der Waals surface area contributed by atoms with Crippen LogP contribution in [0.25, 0.3) is 17.2 Å². The van der Waals surface area contributed by atoms with Crippen LogP contribution in [0.3, 0.4) is 0 Å². The van der Waals surface area contributed by atoms with Crippen LogP contribution in [-0.2, 0) is 9.53 Å². The van der Waals surface area contributed by atoms with Crippen molar-refractivity contribution >= 4 is 17.7 Å². The van der Waals surface area contributed by atoms with Crippen LogP contribution >= 0.6 is 0 Å². The molecule has 0 bridgehead atoms. The number of allylic oxidation sites excluding steroid dienone is 1. The highest BCUT2D eigenvalue weighted by atomic mass is 16.5. The molecule has 35 heavy (non-hydrogen) atoms. The number of piperidine rings is 1. The molecule has 1 atom stereocenters. The molecule has 3 rings (SSSR count). The molecule has 0 radical (unpaired) electrons. The summed E-state index contributed by atoms with van der Waals surface area (Å²) >= 11 is 0. The number of nitrogens with zero attached hydrogens (tertiary/aromatic N) is 3. The zero-order valence-corrected chi connectivity index (χ0v) is 22.6. The molecule has 0 amide bonds. The molecule has 2 aromatic heterocycles. The first-order chi connectivity index (χ1) is 16.3. The largest absolute Gasteiger partial charge is 0.479 e. The molecule has 0 spiro atoms. The Hall–Kier alpha value is -2.73. The molecule has 0 saturated carbocycles. The molecule has 0 aromatic carbocycles. The van der Waals surface area contributed by atoms with Gasteiger partial charge in [0, 0.05) is 54.1 Å². The summed E-state index contributed by atoms with van der Waals surface area (Å²) in [6, 6.07) is 2.10. The van der Waals surface area contributed by atoms with Crippen molar-refractivity contribution in [3.63, 3.8) is 0 Å². The van der Waals surface area contributed by atoms with E-state index in [2.05, 4.69) is 60.8 Å². The van der Waals surface area contributed by atoms with E-state index >= 15 is 0 Å². The molecule has 0 aliphatic carbocycles. The van der Waals surface area contributed by atoms with Gasteiger partial charge in [0.15, 0.2) is 6.10 Å². The molecule has 3 heterocycles. The Morgan fingerprint density at radius 1 is 1.17 bits per heavy atom. The highest BCUT2D eigenvalue weighted by Crippen LogP contribution is 2.43. The lowest BCUT2D eigenvalue weighted by atomic mass is 9.82. The number of aromatic nitrogens is 2. The first-order valence-corrected chi connectivity index (χ1v) is 12.6. The van der Waals surface area contributed by atoms with Gasteiger partial charge in [-0.05, 0) is 63.5 Å². The van der Waals surface area contributed by atoms with Gasteiger partial charge in [-0.25, -0.2) is 4.79 Å². The molecular formula is C29H41N3O3. The third kappa shape index (κ3) is 6.91. The normalized spacial score (nSPS) is 17.2. The standard InChI is InChI=1S/C29H41N3O3/c1-19(2)9-10-21-15-22(17-30-16-21)23-18-31-20(3)24(26(27(33)34)35-28(4,5)6)25(23)32-13-11-29(7,8)12-14-32/h9-10,15-19,26H,11-14H2,1-8H3,(H,33,34). The molecule has 1 aliphatic heterocycles. The average molecular weight is 480 g/mol. The van der Waals surface area contributed by atoms with Gasteiger partial charge in [-0.15, -0.1) is 0 Å². The molecule has 1 unspecified atom stereocenters. The highest BCUT2D eigenvalue weighted by Gasteiger charge is 2.35. The SMILES string of the molecule is Cc1ncc(-c2cncc(C=CC(C)C)c2)c(N2CCC(C)(C)CC2)c1C(OC(C)(C)C)C(=O)O. The molecule has 1 fully saturated rings. The molecule has 6 nitrogen and oxygen atoms in total. The zero-order valence-electron chi connectivity index (χ0n) is 22.6. The topological polar surface area (TPSA) is 75.5 Å². The molecule has 190 valence electrons. The van der Waals surface area contributed by atoms with Gasteiger partial charge in [-0.3, -0.25) is 9.97 Å². The first kappa shape index (κ1) is 26.9. The number of hydrogen-bond donors (Lipinski definition) is 1. The van der Waals surface area contributed by atoms with Gasteiger partial charge in [-0.2, -0.15) is 0 Å². The maximum Gasteiger partial charge on any atom is 0.337 e. The fraction of sp³-hybridized carbons (Fsp3) is 0.552. The maximum absolute atomic E-state index is 12.5. The van der Waals surface area contributed by atoms with E-state index in [9.17, 15) is 9.90 Å². The van der Waals surface area contributed by atoms with Gasteiger partial charge in [0.2, 0.25) is 0 Å². The van der Waals surface area contributed by atoms with Gasteiger partial charge in [0.25, 0.3) is 0 Å². The number of anilines is 1. The van der Waals surface area contributed by atoms with E-state index in [1.165, 1.54) is 0 Å². The number of carbonyl (C=O) groups is 1. The maximum atomic E-state index is 12.5. The Balaban J connectivity index is 2.22. The summed E-state index contributed by atoms with van der Waals surface area (Å²) in [4.78, 5) is 24.0. The van der Waals surface area contributed by atoms with Crippen molar-refractivity contribution in [2.24, 2.45) is 11.3 Å². The Morgan fingerprint density at radius 2 is 1.83 bits per heavy atom. The Bertz CT molecular complexity index is 1070. The van der Waals surface area contributed by atoms with Crippen LogP contribution in [0.15, 0.2) is 30.7 Å². The second kappa shape index (κ2) is 10.5. The quantitative estimate of drug-likeness (QED) is 0.477. The number of ether oxygens (including phenoxy) is 1. The number of aryl methyl sites for hydroxylation is 1. The zero-order chi connectivity index (χ0) is 26.0. The van der Waals surface area contributed by atoms with E-state index in [0.29, 0.717) is 17.2 Å². The fourth-order valence-electron chi connectivity index (χ4n) is 4.40. The van der Waals surface area contributed by atoms with Crippen LogP contribution < -0.4 is 4.90 Å². The van der Waals surface area contributed by atoms with Crippen molar-refractivity contribution in [2.75, 3.05) is 18.0 Å². The van der Waals surface area contributed by atoms with Gasteiger partial charge in [-0.1, -0.05) is 39.8 Å². The van der Waals surface area contributed by atoms with Crippen LogP contribution in [0.4, 0.5) is 5.69 Å². The summed E-state index contributed by atoms with van der Waals surface area (Å²) in [6.07, 6.45) is 10.7. The van der Waals surface area contributed by atoms with E-state index < -0.39 is 17.7 Å². The van der Waals surface area contributed by atoms with E-state index in [-0.39, 0.29) is 5.41 Å². The molecule has 6 heteroatoms. The minimum atomic E-state index is -1.12. The number of pyridine rings is 2. The molecule has 1 saturated heterocycles. The minimum absolute atomic E-state index is 0.260. The van der Waals surface area contributed by atoms with Crippen molar-refractivity contribution in [3.8, 4) is 11.1 Å². The number of carboxylic acids is 1. The second-order valence-electron chi connectivity index (χ2n) is 11.7. The van der Waals surface area contributed by atoms with Crippen LogP contribution in [0, 0.1) is 18.3 Å². The van der Waals surface area contributed by atoms with Crippen molar-refractivity contribution in [3.05, 3.63) is 47.6 Å². The van der Waals surface area contributed by atoms with Crippen molar-refractivity contribution in [2.45, 2.75) is 79.9 Å². The molecule has 1 N–H and O–H groups in total. The number of rotatable bonds is 7. The average Bonchev–Trinajstić information content (AvgIpc) is 2.75. The fourth-order valence-corrected chi connectivity index (χ4v) is 4.40. The lowest BCUT2D eigenvalue weighted by Crippen LogP contribution is -2.39. The van der Waals surface area contributed by atoms with E-state index in [1.807, 2.05) is 46.3 Å². The number of hydrogen-bond acceptors (Lipinski definition) is 5. The Morgan fingerprint density at radius 3 is 2.40 bits per heavy atom. The third-order valence-corrected chi connectivity index (χ3v) is 6.42. The lowest BCUT2D eigenvalue weighted by Gasteiger charge is -2.41. The van der Waals surface area contributed by atoms with Crippen molar-refractivity contribution in [1.29, 1.82) is 0 Å². The van der Waals surface area contributed by atoms with Gasteiger partial charge in [0.05, 0.1) is 11.3 Å². The molecular weight excluding hydrogens is 438 g/mol. The summed E-state index contributed by atoms with van der Waals surface area (Å²) in [7, 11) is 0. The predicted octanol–water partition coefficient (Wildman–Crippen LogP) is 6.69. The number of aliphatic carboxylic acids is 1. The predicted molar refractivity (Wildman–Crippen MR) is 143 cm³/mol. The summed E-state index contributed by atoms with van der Waals surface area (Å²) in [5.74, 6) is -0.572. The van der Waals surface area contributed by atoms with Gasteiger partial charge in [0.1, 0.15) is 0 Å². The number of carboxylic acid groups (broad SMARTS) is 1. The van der Waals surface area contributed by atoms with Crippen LogP contribution in [0.5, 0.6) is 0 Å². The van der Waals surface area contributed by atoms with Crippen LogP contribution in [-0.4, -0.2) is 39.7 Å².